The third-order valence-corrected chi connectivity index (χ3v) is 6.19. The van der Waals surface area contributed by atoms with Crippen LogP contribution < -0.4 is 14.9 Å². The average Bonchev–Trinajstić information content (AvgIpc) is 2.71. The second-order valence-corrected chi connectivity index (χ2v) is 10.5. The predicted octanol–water partition coefficient (Wildman–Crippen LogP) is 4.56. The van der Waals surface area contributed by atoms with Gasteiger partial charge in [0.1, 0.15) is 0 Å². The molecule has 0 fully saturated rings. The summed E-state index contributed by atoms with van der Waals surface area (Å²) in [6.45, 7) is 4.55. The highest BCUT2D eigenvalue weighted by Gasteiger charge is 2.21. The highest BCUT2D eigenvalue weighted by atomic mass is 35.5. The molecule has 0 heterocycles. The number of halogens is 2. The molecule has 0 bridgehead atoms. The van der Waals surface area contributed by atoms with Crippen molar-refractivity contribution in [3.8, 4) is 0 Å². The van der Waals surface area contributed by atoms with Gasteiger partial charge in [-0.15, -0.1) is 0 Å². The van der Waals surface area contributed by atoms with Gasteiger partial charge in [0.15, 0.2) is 0 Å². The van der Waals surface area contributed by atoms with E-state index in [1.807, 2.05) is 13.8 Å². The Bertz CT molecular complexity index is 1070. The number of rotatable bonds is 10. The van der Waals surface area contributed by atoms with Crippen LogP contribution in [0.2, 0.25) is 10.0 Å². The van der Waals surface area contributed by atoms with E-state index < -0.39 is 10.0 Å². The van der Waals surface area contributed by atoms with E-state index in [2.05, 4.69) is 10.6 Å². The van der Waals surface area contributed by atoms with Crippen molar-refractivity contribution in [2.45, 2.75) is 26.7 Å². The van der Waals surface area contributed by atoms with Gasteiger partial charge in [0.2, 0.25) is 15.9 Å². The number of nitrogens with zero attached hydrogens (tertiary/aromatic N) is 1. The van der Waals surface area contributed by atoms with E-state index in [4.69, 9.17) is 23.2 Å². The molecule has 0 atom stereocenters. The molecule has 2 rings (SSSR count). The molecule has 174 valence electrons. The molecule has 10 heteroatoms. The number of hydrogen-bond donors (Lipinski definition) is 2. The quantitative estimate of drug-likeness (QED) is 0.500. The highest BCUT2D eigenvalue weighted by molar-refractivity contribution is 7.92. The summed E-state index contributed by atoms with van der Waals surface area (Å²) in [4.78, 5) is 24.9. The van der Waals surface area contributed by atoms with Crippen LogP contribution in [-0.4, -0.2) is 39.6 Å². The molecule has 0 spiro atoms. The first-order chi connectivity index (χ1) is 15.0. The number of nitrogens with one attached hydrogen (secondary N) is 2. The van der Waals surface area contributed by atoms with Crippen molar-refractivity contribution in [1.82, 2.24) is 5.32 Å². The van der Waals surface area contributed by atoms with E-state index in [-0.39, 0.29) is 41.9 Å². The van der Waals surface area contributed by atoms with E-state index in [1.54, 1.807) is 30.3 Å². The molecule has 0 aromatic heterocycles. The van der Waals surface area contributed by atoms with E-state index in [1.165, 1.54) is 12.1 Å². The van der Waals surface area contributed by atoms with Crippen LogP contribution in [0.25, 0.3) is 0 Å². The van der Waals surface area contributed by atoms with Gasteiger partial charge in [0, 0.05) is 24.5 Å². The third kappa shape index (κ3) is 7.69. The first-order valence-electron chi connectivity index (χ1n) is 10.1. The van der Waals surface area contributed by atoms with E-state index in [0.29, 0.717) is 28.7 Å². The Hall–Kier alpha value is -2.29. The van der Waals surface area contributed by atoms with Crippen LogP contribution in [0.4, 0.5) is 11.4 Å². The minimum absolute atomic E-state index is 0.0445. The number of sulfonamides is 1. The summed E-state index contributed by atoms with van der Waals surface area (Å²) in [5.74, 6) is -0.306. The van der Waals surface area contributed by atoms with Gasteiger partial charge < -0.3 is 10.6 Å². The third-order valence-electron chi connectivity index (χ3n) is 4.46. The maximum Gasteiger partial charge on any atom is 0.253 e. The second-order valence-electron chi connectivity index (χ2n) is 7.73. The van der Waals surface area contributed by atoms with E-state index >= 15 is 0 Å². The summed E-state index contributed by atoms with van der Waals surface area (Å²) in [6.07, 6.45) is 1.35. The SMILES string of the molecule is CC(C)CNC(=O)c1ccccc1NC(=O)CCCN(c1cc(Cl)ccc1Cl)S(C)(=O)=O. The van der Waals surface area contributed by atoms with Crippen molar-refractivity contribution in [2.75, 3.05) is 29.0 Å². The van der Waals surface area contributed by atoms with Crippen LogP contribution in [0.3, 0.4) is 0 Å². The number of carbonyl (C=O) groups excluding carboxylic acids is 2. The smallest absolute Gasteiger partial charge is 0.253 e. The molecular formula is C22H27Cl2N3O4S. The van der Waals surface area contributed by atoms with Gasteiger partial charge in [-0.2, -0.15) is 0 Å². The zero-order valence-electron chi connectivity index (χ0n) is 18.2. The zero-order chi connectivity index (χ0) is 23.9. The van der Waals surface area contributed by atoms with Crippen molar-refractivity contribution >= 4 is 56.4 Å². The Morgan fingerprint density at radius 3 is 2.44 bits per heavy atom. The fraction of sp³-hybridized carbons (Fsp3) is 0.364. The molecule has 7 nitrogen and oxygen atoms in total. The van der Waals surface area contributed by atoms with Crippen LogP contribution >= 0.6 is 23.2 Å². The average molecular weight is 500 g/mol. The lowest BCUT2D eigenvalue weighted by Gasteiger charge is -2.23. The molecule has 32 heavy (non-hydrogen) atoms. The minimum atomic E-state index is -3.64. The molecule has 2 aromatic carbocycles. The molecule has 0 saturated heterocycles. The Kier molecular flexibility index (Phi) is 9.36. The summed E-state index contributed by atoms with van der Waals surface area (Å²) in [5.41, 5.74) is 1.02. The molecule has 0 radical (unpaired) electrons. The molecule has 0 aliphatic carbocycles. The summed E-state index contributed by atoms with van der Waals surface area (Å²) in [7, 11) is -3.64. The Morgan fingerprint density at radius 2 is 1.78 bits per heavy atom. The molecule has 0 saturated carbocycles. The van der Waals surface area contributed by atoms with Crippen molar-refractivity contribution in [1.29, 1.82) is 0 Å². The maximum absolute atomic E-state index is 12.5. The van der Waals surface area contributed by atoms with Crippen LogP contribution in [0, 0.1) is 5.92 Å². The lowest BCUT2D eigenvalue weighted by molar-refractivity contribution is -0.116. The molecule has 2 N–H and O–H groups in total. The first-order valence-corrected chi connectivity index (χ1v) is 12.7. The van der Waals surface area contributed by atoms with Crippen molar-refractivity contribution in [2.24, 2.45) is 5.92 Å². The normalized spacial score (nSPS) is 11.3. The van der Waals surface area contributed by atoms with Crippen LogP contribution in [-0.2, 0) is 14.8 Å². The summed E-state index contributed by atoms with van der Waals surface area (Å²) in [5, 5.41) is 6.16. The predicted molar refractivity (Wildman–Crippen MR) is 130 cm³/mol. The Morgan fingerprint density at radius 1 is 1.09 bits per heavy atom. The largest absolute Gasteiger partial charge is 0.352 e. The van der Waals surface area contributed by atoms with Gasteiger partial charge in [-0.25, -0.2) is 8.42 Å². The number of hydrogen-bond acceptors (Lipinski definition) is 4. The second kappa shape index (κ2) is 11.5. The standard InChI is InChI=1S/C22H27Cl2N3O4S/c1-15(2)14-25-22(29)17-7-4-5-8-19(17)26-21(28)9-6-12-27(32(3,30)31)20-13-16(23)10-11-18(20)24/h4-5,7-8,10-11,13,15H,6,9,12,14H2,1-3H3,(H,25,29)(H,26,28). The lowest BCUT2D eigenvalue weighted by atomic mass is 10.1. The van der Waals surface area contributed by atoms with Gasteiger partial charge >= 0.3 is 0 Å². The minimum Gasteiger partial charge on any atom is -0.352 e. The number of anilines is 2. The summed E-state index contributed by atoms with van der Waals surface area (Å²) >= 11 is 12.1. The number of para-hydroxylation sites is 1. The first kappa shape index (κ1) is 26.0. The lowest BCUT2D eigenvalue weighted by Crippen LogP contribution is -2.32. The van der Waals surface area contributed by atoms with Gasteiger partial charge in [-0.05, 0) is 42.7 Å². The fourth-order valence-corrected chi connectivity index (χ4v) is 4.33. The Labute approximate surface area is 199 Å². The molecule has 2 amide bonds. The van der Waals surface area contributed by atoms with Crippen LogP contribution in [0.1, 0.15) is 37.0 Å². The molecule has 0 aliphatic rings. The molecular weight excluding hydrogens is 473 g/mol. The van der Waals surface area contributed by atoms with Crippen molar-refractivity contribution in [3.05, 3.63) is 58.1 Å². The van der Waals surface area contributed by atoms with Crippen molar-refractivity contribution in [3.63, 3.8) is 0 Å². The van der Waals surface area contributed by atoms with E-state index in [0.717, 1.165) is 10.6 Å². The van der Waals surface area contributed by atoms with Crippen molar-refractivity contribution < 1.29 is 18.0 Å². The van der Waals surface area contributed by atoms with Gasteiger partial charge in [-0.3, -0.25) is 13.9 Å². The zero-order valence-corrected chi connectivity index (χ0v) is 20.5. The van der Waals surface area contributed by atoms with Gasteiger partial charge in [0.05, 0.1) is 28.2 Å². The summed E-state index contributed by atoms with van der Waals surface area (Å²) < 4.78 is 25.7. The monoisotopic (exact) mass is 499 g/mol. The highest BCUT2D eigenvalue weighted by Crippen LogP contribution is 2.31. The topological polar surface area (TPSA) is 95.6 Å². The number of benzene rings is 2. The Balaban J connectivity index is 2.04. The van der Waals surface area contributed by atoms with E-state index in [9.17, 15) is 18.0 Å². The maximum atomic E-state index is 12.5. The van der Waals surface area contributed by atoms with Gasteiger partial charge in [0.25, 0.3) is 5.91 Å². The number of amides is 2. The van der Waals surface area contributed by atoms with Crippen LogP contribution in [0.5, 0.6) is 0 Å². The number of carbonyl (C=O) groups is 2. The molecule has 0 aliphatic heterocycles. The van der Waals surface area contributed by atoms with Gasteiger partial charge in [-0.1, -0.05) is 49.2 Å². The summed E-state index contributed by atoms with van der Waals surface area (Å²) in [6, 6.07) is 11.3. The molecule has 2 aromatic rings. The fourth-order valence-electron chi connectivity index (χ4n) is 2.92. The van der Waals surface area contributed by atoms with Crippen LogP contribution in [0.15, 0.2) is 42.5 Å². The molecule has 0 unspecified atom stereocenters.